The van der Waals surface area contributed by atoms with Gasteiger partial charge in [0.25, 0.3) is 5.91 Å². The number of aryl methyl sites for hydroxylation is 1. The molecule has 1 atom stereocenters. The van der Waals surface area contributed by atoms with Crippen molar-refractivity contribution in [1.82, 2.24) is 0 Å². The third-order valence-electron chi connectivity index (χ3n) is 5.47. The van der Waals surface area contributed by atoms with E-state index in [0.29, 0.717) is 12.3 Å². The first-order valence-electron chi connectivity index (χ1n) is 9.96. The number of hydrogen-bond acceptors (Lipinski definition) is 4. The highest BCUT2D eigenvalue weighted by atomic mass is 32.1. The summed E-state index contributed by atoms with van der Waals surface area (Å²) in [7, 11) is 0. The van der Waals surface area contributed by atoms with Crippen LogP contribution in [0.5, 0.6) is 5.75 Å². The standard InChI is InChI=1S/C24H24N2O3S/c1-4-29-20-10-8-19(9-11-20)26-22(27)14-25(21-7-5-6-16(2)17(21)3)24(28)23(26)18-12-13-30-15-18/h5-13,15,23H,4,14H2,1-3H3/t23-/m1/s1. The second kappa shape index (κ2) is 8.32. The molecule has 5 nitrogen and oxygen atoms in total. The molecule has 3 aromatic rings. The van der Waals surface area contributed by atoms with Crippen LogP contribution < -0.4 is 14.5 Å². The lowest BCUT2D eigenvalue weighted by molar-refractivity contribution is -0.128. The molecule has 1 saturated heterocycles. The molecule has 0 aliphatic carbocycles. The predicted molar refractivity (Wildman–Crippen MR) is 120 cm³/mol. The van der Waals surface area contributed by atoms with E-state index < -0.39 is 6.04 Å². The van der Waals surface area contributed by atoms with Gasteiger partial charge in [-0.2, -0.15) is 11.3 Å². The van der Waals surface area contributed by atoms with Crippen LogP contribution in [0.2, 0.25) is 0 Å². The van der Waals surface area contributed by atoms with Crippen molar-refractivity contribution in [1.29, 1.82) is 0 Å². The molecule has 30 heavy (non-hydrogen) atoms. The highest BCUT2D eigenvalue weighted by Crippen LogP contribution is 2.37. The molecule has 2 heterocycles. The number of amides is 2. The lowest BCUT2D eigenvalue weighted by atomic mass is 10.00. The summed E-state index contributed by atoms with van der Waals surface area (Å²) in [6.07, 6.45) is 0. The van der Waals surface area contributed by atoms with E-state index in [1.807, 2.05) is 80.1 Å². The molecule has 1 aliphatic heterocycles. The van der Waals surface area contributed by atoms with Gasteiger partial charge < -0.3 is 9.64 Å². The molecule has 1 aliphatic rings. The minimum absolute atomic E-state index is 0.0109. The van der Waals surface area contributed by atoms with Crippen molar-refractivity contribution in [2.75, 3.05) is 23.0 Å². The number of thiophene rings is 1. The lowest BCUT2D eigenvalue weighted by Gasteiger charge is -2.40. The van der Waals surface area contributed by atoms with Gasteiger partial charge in [-0.3, -0.25) is 14.5 Å². The first-order chi connectivity index (χ1) is 14.5. The number of carbonyl (C=O) groups is 2. The average Bonchev–Trinajstić information content (AvgIpc) is 3.27. The van der Waals surface area contributed by atoms with E-state index in [-0.39, 0.29) is 18.4 Å². The van der Waals surface area contributed by atoms with E-state index >= 15 is 0 Å². The Hall–Kier alpha value is -3.12. The van der Waals surface area contributed by atoms with Gasteiger partial charge in [-0.15, -0.1) is 0 Å². The summed E-state index contributed by atoms with van der Waals surface area (Å²) < 4.78 is 5.52. The number of carbonyl (C=O) groups excluding carboxylic acids is 2. The predicted octanol–water partition coefficient (Wildman–Crippen LogP) is 4.88. The Morgan fingerprint density at radius 1 is 1.07 bits per heavy atom. The van der Waals surface area contributed by atoms with Gasteiger partial charge in [0.05, 0.1) is 6.61 Å². The zero-order valence-electron chi connectivity index (χ0n) is 17.3. The summed E-state index contributed by atoms with van der Waals surface area (Å²) in [5, 5.41) is 3.87. The van der Waals surface area contributed by atoms with Crippen molar-refractivity contribution in [2.24, 2.45) is 0 Å². The molecule has 6 heteroatoms. The molecule has 0 bridgehead atoms. The fraction of sp³-hybridized carbons (Fsp3) is 0.250. The molecule has 0 saturated carbocycles. The number of nitrogens with zero attached hydrogens (tertiary/aromatic N) is 2. The molecule has 1 fully saturated rings. The Labute approximate surface area is 180 Å². The van der Waals surface area contributed by atoms with Crippen LogP contribution in [0.3, 0.4) is 0 Å². The molecular formula is C24H24N2O3S. The highest BCUT2D eigenvalue weighted by Gasteiger charge is 2.42. The maximum absolute atomic E-state index is 13.7. The molecule has 1 aromatic heterocycles. The number of anilines is 2. The highest BCUT2D eigenvalue weighted by molar-refractivity contribution is 7.08. The summed E-state index contributed by atoms with van der Waals surface area (Å²) in [5.41, 5.74) is 4.40. The van der Waals surface area contributed by atoms with Gasteiger partial charge >= 0.3 is 0 Å². The van der Waals surface area contributed by atoms with Crippen molar-refractivity contribution in [3.05, 3.63) is 76.0 Å². The summed E-state index contributed by atoms with van der Waals surface area (Å²) in [6.45, 7) is 6.51. The quantitative estimate of drug-likeness (QED) is 0.591. The number of piperazine rings is 1. The van der Waals surface area contributed by atoms with Gasteiger partial charge in [0.1, 0.15) is 18.3 Å². The molecule has 2 aromatic carbocycles. The minimum atomic E-state index is -0.699. The van der Waals surface area contributed by atoms with E-state index in [0.717, 1.165) is 28.1 Å². The maximum atomic E-state index is 13.7. The van der Waals surface area contributed by atoms with Crippen LogP contribution in [0.4, 0.5) is 11.4 Å². The number of ether oxygens (including phenoxy) is 1. The Kier molecular flexibility index (Phi) is 5.59. The Bertz CT molecular complexity index is 1060. The van der Waals surface area contributed by atoms with E-state index in [2.05, 4.69) is 0 Å². The van der Waals surface area contributed by atoms with Crippen LogP contribution in [-0.2, 0) is 9.59 Å². The van der Waals surface area contributed by atoms with E-state index in [9.17, 15) is 9.59 Å². The first-order valence-corrected chi connectivity index (χ1v) is 10.9. The van der Waals surface area contributed by atoms with Crippen molar-refractivity contribution in [3.63, 3.8) is 0 Å². The molecule has 154 valence electrons. The van der Waals surface area contributed by atoms with Crippen molar-refractivity contribution in [2.45, 2.75) is 26.8 Å². The minimum Gasteiger partial charge on any atom is -0.494 e. The molecule has 0 unspecified atom stereocenters. The molecule has 0 radical (unpaired) electrons. The van der Waals surface area contributed by atoms with Crippen molar-refractivity contribution < 1.29 is 14.3 Å². The van der Waals surface area contributed by atoms with Gasteiger partial charge in [0, 0.05) is 11.4 Å². The Morgan fingerprint density at radius 2 is 1.83 bits per heavy atom. The first kappa shape index (κ1) is 20.2. The van der Waals surface area contributed by atoms with Crippen LogP contribution in [0.1, 0.15) is 29.7 Å². The molecule has 0 spiro atoms. The maximum Gasteiger partial charge on any atom is 0.255 e. The van der Waals surface area contributed by atoms with Gasteiger partial charge in [0.2, 0.25) is 5.91 Å². The molecule has 0 N–H and O–H groups in total. The van der Waals surface area contributed by atoms with Crippen LogP contribution in [0.15, 0.2) is 59.3 Å². The Morgan fingerprint density at radius 3 is 2.50 bits per heavy atom. The lowest BCUT2D eigenvalue weighted by Crippen LogP contribution is -2.56. The van der Waals surface area contributed by atoms with Gasteiger partial charge in [-0.05, 0) is 84.6 Å². The van der Waals surface area contributed by atoms with Gasteiger partial charge in [-0.1, -0.05) is 12.1 Å². The summed E-state index contributed by atoms with van der Waals surface area (Å²) >= 11 is 1.52. The monoisotopic (exact) mass is 420 g/mol. The summed E-state index contributed by atoms with van der Waals surface area (Å²) in [6, 6.07) is 14.4. The zero-order chi connectivity index (χ0) is 21.3. The average molecular weight is 421 g/mol. The SMILES string of the molecule is CCOc1ccc(N2C(=O)CN(c3cccc(C)c3C)C(=O)[C@H]2c2ccsc2)cc1. The second-order valence-corrected chi connectivity index (χ2v) is 8.07. The topological polar surface area (TPSA) is 49.9 Å². The van der Waals surface area contributed by atoms with Gasteiger partial charge in [0.15, 0.2) is 0 Å². The molecule has 2 amide bonds. The summed E-state index contributed by atoms with van der Waals surface area (Å²) in [5.74, 6) is 0.521. The van der Waals surface area contributed by atoms with Crippen molar-refractivity contribution in [3.8, 4) is 5.75 Å². The van der Waals surface area contributed by atoms with Crippen LogP contribution in [0, 0.1) is 13.8 Å². The van der Waals surface area contributed by atoms with Gasteiger partial charge in [-0.25, -0.2) is 0 Å². The fourth-order valence-electron chi connectivity index (χ4n) is 3.81. The fourth-order valence-corrected chi connectivity index (χ4v) is 4.49. The number of rotatable bonds is 5. The number of hydrogen-bond donors (Lipinski definition) is 0. The van der Waals surface area contributed by atoms with Crippen LogP contribution in [-0.4, -0.2) is 25.0 Å². The van der Waals surface area contributed by atoms with E-state index in [4.69, 9.17) is 4.74 Å². The van der Waals surface area contributed by atoms with E-state index in [1.165, 1.54) is 11.3 Å². The third-order valence-corrected chi connectivity index (χ3v) is 6.17. The zero-order valence-corrected chi connectivity index (χ0v) is 18.1. The second-order valence-electron chi connectivity index (χ2n) is 7.29. The smallest absolute Gasteiger partial charge is 0.255 e. The largest absolute Gasteiger partial charge is 0.494 e. The van der Waals surface area contributed by atoms with Crippen LogP contribution in [0.25, 0.3) is 0 Å². The van der Waals surface area contributed by atoms with Crippen LogP contribution >= 0.6 is 11.3 Å². The Balaban J connectivity index is 1.76. The normalized spacial score (nSPS) is 16.8. The third kappa shape index (κ3) is 3.59. The molecular weight excluding hydrogens is 396 g/mol. The van der Waals surface area contributed by atoms with E-state index in [1.54, 1.807) is 9.80 Å². The number of benzene rings is 2. The molecule has 4 rings (SSSR count). The summed E-state index contributed by atoms with van der Waals surface area (Å²) in [4.78, 5) is 30.3. The van der Waals surface area contributed by atoms with Crippen molar-refractivity contribution >= 4 is 34.5 Å².